The average molecular weight is 431 g/mol. The van der Waals surface area contributed by atoms with Crippen molar-refractivity contribution in [1.82, 2.24) is 4.72 Å². The summed E-state index contributed by atoms with van der Waals surface area (Å²) in [5.74, 6) is -0.336. The number of sulfonamides is 1. The minimum atomic E-state index is -5.17. The SMILES string of the molecule is O=S(=O)(NCCOc1ccc(F)cc1)c1cc(C(F)(F)F)cc(C(F)(F)F)c1. The number of rotatable bonds is 6. The zero-order valence-electron chi connectivity index (χ0n) is 13.7. The Bertz CT molecular complexity index is 890. The molecule has 0 amide bonds. The number of hydrogen-bond donors (Lipinski definition) is 1. The molecule has 0 heterocycles. The molecule has 1 N–H and O–H groups in total. The maximum atomic E-state index is 12.8. The standard InChI is InChI=1S/C16H12F7NO3S/c17-12-1-3-13(4-2-12)27-6-5-24-28(25,26)14-8-10(15(18,19)20)7-11(9-14)16(21,22)23/h1-4,7-9,24H,5-6H2. The fourth-order valence-corrected chi connectivity index (χ4v) is 3.12. The summed E-state index contributed by atoms with van der Waals surface area (Å²) in [6, 6.07) is 4.73. The maximum absolute atomic E-state index is 12.8. The van der Waals surface area contributed by atoms with Gasteiger partial charge in [0.1, 0.15) is 18.2 Å². The molecule has 0 spiro atoms. The number of nitrogens with one attached hydrogen (secondary N) is 1. The van der Waals surface area contributed by atoms with Crippen LogP contribution in [0.5, 0.6) is 5.75 Å². The number of halogens is 7. The van der Waals surface area contributed by atoms with Crippen molar-refractivity contribution in [3.05, 3.63) is 59.4 Å². The lowest BCUT2D eigenvalue weighted by atomic mass is 10.1. The molecule has 0 saturated carbocycles. The Hall–Kier alpha value is -2.34. The highest BCUT2D eigenvalue weighted by Gasteiger charge is 2.38. The van der Waals surface area contributed by atoms with E-state index in [0.717, 1.165) is 12.1 Å². The molecule has 0 unspecified atom stereocenters. The van der Waals surface area contributed by atoms with E-state index in [1.807, 2.05) is 4.72 Å². The Morgan fingerprint density at radius 2 is 1.36 bits per heavy atom. The third kappa shape index (κ3) is 5.83. The van der Waals surface area contributed by atoms with Crippen LogP contribution in [0.3, 0.4) is 0 Å². The summed E-state index contributed by atoms with van der Waals surface area (Å²) in [5.41, 5.74) is -3.49. The van der Waals surface area contributed by atoms with Crippen LogP contribution in [0.1, 0.15) is 11.1 Å². The van der Waals surface area contributed by atoms with Crippen molar-refractivity contribution in [3.8, 4) is 5.75 Å². The van der Waals surface area contributed by atoms with Gasteiger partial charge in [0, 0.05) is 6.54 Å². The summed E-state index contributed by atoms with van der Waals surface area (Å²) in [7, 11) is -4.68. The fourth-order valence-electron chi connectivity index (χ4n) is 2.04. The van der Waals surface area contributed by atoms with Crippen LogP contribution in [0.2, 0.25) is 0 Å². The first kappa shape index (κ1) is 22.0. The van der Waals surface area contributed by atoms with Gasteiger partial charge in [0.2, 0.25) is 10.0 Å². The van der Waals surface area contributed by atoms with Crippen molar-refractivity contribution in [3.63, 3.8) is 0 Å². The van der Waals surface area contributed by atoms with E-state index in [-0.39, 0.29) is 30.6 Å². The monoisotopic (exact) mass is 431 g/mol. The number of hydrogen-bond acceptors (Lipinski definition) is 3. The van der Waals surface area contributed by atoms with E-state index in [1.54, 1.807) is 0 Å². The van der Waals surface area contributed by atoms with E-state index in [9.17, 15) is 39.2 Å². The first-order valence-electron chi connectivity index (χ1n) is 7.46. The second kappa shape index (κ2) is 7.95. The van der Waals surface area contributed by atoms with E-state index in [1.165, 1.54) is 12.1 Å². The third-order valence-electron chi connectivity index (χ3n) is 3.35. The van der Waals surface area contributed by atoms with E-state index in [2.05, 4.69) is 0 Å². The van der Waals surface area contributed by atoms with Crippen LogP contribution in [0.4, 0.5) is 30.7 Å². The molecule has 0 bridgehead atoms. The highest BCUT2D eigenvalue weighted by molar-refractivity contribution is 7.89. The quantitative estimate of drug-likeness (QED) is 0.551. The highest BCUT2D eigenvalue weighted by Crippen LogP contribution is 2.37. The molecule has 0 aliphatic carbocycles. The van der Waals surface area contributed by atoms with Crippen molar-refractivity contribution in [2.24, 2.45) is 0 Å². The molecular formula is C16H12F7NO3S. The van der Waals surface area contributed by atoms with Crippen LogP contribution in [-0.4, -0.2) is 21.6 Å². The van der Waals surface area contributed by atoms with Crippen molar-refractivity contribution >= 4 is 10.0 Å². The molecule has 2 aromatic rings. The lowest BCUT2D eigenvalue weighted by Gasteiger charge is -2.15. The summed E-state index contributed by atoms with van der Waals surface area (Å²) in [6.07, 6.45) is -10.3. The molecule has 28 heavy (non-hydrogen) atoms. The number of benzene rings is 2. The van der Waals surface area contributed by atoms with Gasteiger partial charge in [-0.05, 0) is 42.5 Å². The molecule has 2 rings (SSSR count). The molecule has 0 aliphatic rings. The molecule has 12 heteroatoms. The molecule has 0 atom stereocenters. The van der Waals surface area contributed by atoms with Gasteiger partial charge in [-0.3, -0.25) is 0 Å². The van der Waals surface area contributed by atoms with Crippen molar-refractivity contribution in [2.45, 2.75) is 17.2 Å². The maximum Gasteiger partial charge on any atom is 0.416 e. The van der Waals surface area contributed by atoms with Crippen molar-refractivity contribution < 1.29 is 43.9 Å². The van der Waals surface area contributed by atoms with Crippen molar-refractivity contribution in [1.29, 1.82) is 0 Å². The van der Waals surface area contributed by atoms with Gasteiger partial charge in [0.15, 0.2) is 0 Å². The Morgan fingerprint density at radius 1 is 0.857 bits per heavy atom. The van der Waals surface area contributed by atoms with Crippen LogP contribution in [-0.2, 0) is 22.4 Å². The summed E-state index contributed by atoms with van der Waals surface area (Å²) < 4.78 is 121. The molecule has 0 radical (unpaired) electrons. The molecule has 0 saturated heterocycles. The van der Waals surface area contributed by atoms with Gasteiger partial charge in [0.25, 0.3) is 0 Å². The third-order valence-corrected chi connectivity index (χ3v) is 4.79. The molecule has 154 valence electrons. The normalized spacial score (nSPS) is 12.8. The van der Waals surface area contributed by atoms with Crippen LogP contribution in [0.15, 0.2) is 47.4 Å². The molecule has 0 aliphatic heterocycles. The summed E-state index contributed by atoms with van der Waals surface area (Å²) >= 11 is 0. The van der Waals surface area contributed by atoms with Crippen LogP contribution >= 0.6 is 0 Å². The zero-order chi connectivity index (χ0) is 21.2. The van der Waals surface area contributed by atoms with Gasteiger partial charge < -0.3 is 4.74 Å². The van der Waals surface area contributed by atoms with Crippen LogP contribution in [0.25, 0.3) is 0 Å². The lowest BCUT2D eigenvalue weighted by Crippen LogP contribution is -2.29. The van der Waals surface area contributed by atoms with Gasteiger partial charge in [-0.2, -0.15) is 26.3 Å². The number of ether oxygens (including phenoxy) is 1. The number of alkyl halides is 6. The predicted octanol–water partition coefficient (Wildman–Crippen LogP) is 4.22. The van der Waals surface area contributed by atoms with Gasteiger partial charge in [0.05, 0.1) is 16.0 Å². The highest BCUT2D eigenvalue weighted by atomic mass is 32.2. The van der Waals surface area contributed by atoms with Gasteiger partial charge >= 0.3 is 12.4 Å². The second-order valence-corrected chi connectivity index (χ2v) is 7.21. The minimum absolute atomic E-state index is 0.110. The van der Waals surface area contributed by atoms with E-state index in [0.29, 0.717) is 0 Å². The van der Waals surface area contributed by atoms with Crippen molar-refractivity contribution in [2.75, 3.05) is 13.2 Å². The predicted molar refractivity (Wildman–Crippen MR) is 83.5 cm³/mol. The Morgan fingerprint density at radius 3 is 1.82 bits per heavy atom. The first-order chi connectivity index (χ1) is 12.8. The van der Waals surface area contributed by atoms with E-state index < -0.39 is 50.8 Å². The fraction of sp³-hybridized carbons (Fsp3) is 0.250. The van der Waals surface area contributed by atoms with Crippen LogP contribution < -0.4 is 9.46 Å². The smallest absolute Gasteiger partial charge is 0.416 e. The second-order valence-electron chi connectivity index (χ2n) is 5.44. The van der Waals surface area contributed by atoms with E-state index >= 15 is 0 Å². The molecule has 0 fully saturated rings. The van der Waals surface area contributed by atoms with Gasteiger partial charge in [-0.1, -0.05) is 0 Å². The Labute approximate surface area is 155 Å². The molecule has 2 aromatic carbocycles. The van der Waals surface area contributed by atoms with Gasteiger partial charge in [-0.15, -0.1) is 0 Å². The Balaban J connectivity index is 2.16. The average Bonchev–Trinajstić information content (AvgIpc) is 2.58. The summed E-state index contributed by atoms with van der Waals surface area (Å²) in [4.78, 5) is -1.18. The first-order valence-corrected chi connectivity index (χ1v) is 8.95. The Kier molecular flexibility index (Phi) is 6.24. The summed E-state index contributed by atoms with van der Waals surface area (Å²) in [6.45, 7) is -0.743. The molecule has 0 aromatic heterocycles. The lowest BCUT2D eigenvalue weighted by molar-refractivity contribution is -0.143. The topological polar surface area (TPSA) is 55.4 Å². The van der Waals surface area contributed by atoms with E-state index in [4.69, 9.17) is 4.74 Å². The molecular weight excluding hydrogens is 419 g/mol. The van der Waals surface area contributed by atoms with Gasteiger partial charge in [-0.25, -0.2) is 17.5 Å². The largest absolute Gasteiger partial charge is 0.492 e. The molecule has 4 nitrogen and oxygen atoms in total. The summed E-state index contributed by atoms with van der Waals surface area (Å²) in [5, 5.41) is 0. The van der Waals surface area contributed by atoms with Crippen LogP contribution in [0, 0.1) is 5.82 Å². The minimum Gasteiger partial charge on any atom is -0.492 e. The zero-order valence-corrected chi connectivity index (χ0v) is 14.6.